The van der Waals surface area contributed by atoms with Gasteiger partial charge in [-0.1, -0.05) is 11.6 Å². The minimum Gasteiger partial charge on any atom is -0.478 e. The summed E-state index contributed by atoms with van der Waals surface area (Å²) in [7, 11) is 0. The number of nitrogens with one attached hydrogen (secondary N) is 1. The summed E-state index contributed by atoms with van der Waals surface area (Å²) in [5.41, 5.74) is 0.774. The molecule has 2 heterocycles. The first-order chi connectivity index (χ1) is 8.78. The van der Waals surface area contributed by atoms with E-state index in [4.69, 9.17) is 16.3 Å². The Kier molecular flexibility index (Phi) is 4.25. The molecule has 18 heavy (non-hydrogen) atoms. The van der Waals surface area contributed by atoms with E-state index in [1.807, 2.05) is 6.92 Å². The molecule has 94 valence electrons. The third-order valence-electron chi connectivity index (χ3n) is 2.06. The van der Waals surface area contributed by atoms with Crippen LogP contribution in [0.3, 0.4) is 0 Å². The van der Waals surface area contributed by atoms with E-state index in [1.165, 1.54) is 12.5 Å². The third-order valence-corrected chi connectivity index (χ3v) is 2.25. The molecule has 0 aromatic carbocycles. The second-order valence-electron chi connectivity index (χ2n) is 3.36. The van der Waals surface area contributed by atoms with E-state index in [9.17, 15) is 0 Å². The number of rotatable bonds is 5. The van der Waals surface area contributed by atoms with Gasteiger partial charge in [0.25, 0.3) is 0 Å². The molecule has 0 fully saturated rings. The SMILES string of the molecule is CCOc1cc(NCc2cnc(Cl)cn2)ncn1. The van der Waals surface area contributed by atoms with Crippen molar-refractivity contribution in [2.45, 2.75) is 13.5 Å². The average Bonchev–Trinajstić information content (AvgIpc) is 2.39. The molecule has 7 heteroatoms. The summed E-state index contributed by atoms with van der Waals surface area (Å²) in [6, 6.07) is 1.73. The summed E-state index contributed by atoms with van der Waals surface area (Å²) in [5, 5.41) is 3.48. The van der Waals surface area contributed by atoms with Gasteiger partial charge in [0.2, 0.25) is 5.88 Å². The van der Waals surface area contributed by atoms with Crippen molar-refractivity contribution in [3.8, 4) is 5.88 Å². The normalized spacial score (nSPS) is 10.1. The number of hydrogen-bond donors (Lipinski definition) is 1. The topological polar surface area (TPSA) is 72.8 Å². The van der Waals surface area contributed by atoms with Crippen molar-refractivity contribution in [3.63, 3.8) is 0 Å². The molecule has 1 N–H and O–H groups in total. The minimum atomic E-state index is 0.374. The number of halogens is 1. The molecule has 0 aliphatic carbocycles. The van der Waals surface area contributed by atoms with Crippen LogP contribution in [0.25, 0.3) is 0 Å². The van der Waals surface area contributed by atoms with Crippen LogP contribution in [-0.2, 0) is 6.54 Å². The van der Waals surface area contributed by atoms with Gasteiger partial charge in [0, 0.05) is 6.07 Å². The van der Waals surface area contributed by atoms with Gasteiger partial charge in [-0.3, -0.25) is 4.98 Å². The Morgan fingerprint density at radius 2 is 2.11 bits per heavy atom. The fourth-order valence-corrected chi connectivity index (χ4v) is 1.37. The van der Waals surface area contributed by atoms with Gasteiger partial charge in [0.1, 0.15) is 17.3 Å². The highest BCUT2D eigenvalue weighted by molar-refractivity contribution is 6.29. The highest BCUT2D eigenvalue weighted by Gasteiger charge is 2.00. The van der Waals surface area contributed by atoms with E-state index >= 15 is 0 Å². The van der Waals surface area contributed by atoms with Crippen LogP contribution in [0.1, 0.15) is 12.6 Å². The first-order valence-corrected chi connectivity index (χ1v) is 5.81. The highest BCUT2D eigenvalue weighted by Crippen LogP contribution is 2.11. The lowest BCUT2D eigenvalue weighted by molar-refractivity contribution is 0.326. The molecule has 0 aliphatic rings. The predicted octanol–water partition coefficient (Wildman–Crippen LogP) is 1.93. The lowest BCUT2D eigenvalue weighted by atomic mass is 10.4. The zero-order valence-corrected chi connectivity index (χ0v) is 10.6. The van der Waals surface area contributed by atoms with E-state index in [-0.39, 0.29) is 0 Å². The number of ether oxygens (including phenoxy) is 1. The highest BCUT2D eigenvalue weighted by atomic mass is 35.5. The van der Waals surface area contributed by atoms with Crippen LogP contribution >= 0.6 is 11.6 Å². The van der Waals surface area contributed by atoms with Crippen LogP contribution in [0, 0.1) is 0 Å². The van der Waals surface area contributed by atoms with E-state index < -0.39 is 0 Å². The minimum absolute atomic E-state index is 0.374. The molecule has 0 aliphatic heterocycles. The maximum Gasteiger partial charge on any atom is 0.218 e. The molecule has 2 aromatic rings. The molecule has 0 unspecified atom stereocenters. The molecule has 2 aromatic heterocycles. The van der Waals surface area contributed by atoms with Crippen LogP contribution < -0.4 is 10.1 Å². The summed E-state index contributed by atoms with van der Waals surface area (Å²) in [6.07, 6.45) is 4.56. The molecule has 0 saturated carbocycles. The Hall–Kier alpha value is -1.95. The van der Waals surface area contributed by atoms with Crippen LogP contribution in [0.15, 0.2) is 24.8 Å². The first kappa shape index (κ1) is 12.5. The van der Waals surface area contributed by atoms with Crippen LogP contribution in [0.4, 0.5) is 5.82 Å². The quantitative estimate of drug-likeness (QED) is 0.891. The van der Waals surface area contributed by atoms with Crippen molar-refractivity contribution in [3.05, 3.63) is 35.6 Å². The van der Waals surface area contributed by atoms with Gasteiger partial charge >= 0.3 is 0 Å². The van der Waals surface area contributed by atoms with Crippen molar-refractivity contribution in [2.75, 3.05) is 11.9 Å². The maximum atomic E-state index is 5.65. The number of anilines is 1. The monoisotopic (exact) mass is 265 g/mol. The smallest absolute Gasteiger partial charge is 0.218 e. The van der Waals surface area contributed by atoms with Crippen LogP contribution in [0.2, 0.25) is 5.15 Å². The summed E-state index contributed by atoms with van der Waals surface area (Å²) in [5.74, 6) is 1.21. The lowest BCUT2D eigenvalue weighted by Gasteiger charge is -2.06. The Bertz CT molecular complexity index is 505. The molecule has 6 nitrogen and oxygen atoms in total. The molecule has 0 amide bonds. The summed E-state index contributed by atoms with van der Waals surface area (Å²) >= 11 is 5.65. The first-order valence-electron chi connectivity index (χ1n) is 5.43. The number of nitrogens with zero attached hydrogens (tertiary/aromatic N) is 4. The molecular formula is C11H12ClN5O. The van der Waals surface area contributed by atoms with Crippen LogP contribution in [0.5, 0.6) is 5.88 Å². The van der Waals surface area contributed by atoms with Crippen molar-refractivity contribution in [2.24, 2.45) is 0 Å². The van der Waals surface area contributed by atoms with Crippen molar-refractivity contribution in [1.82, 2.24) is 19.9 Å². The van der Waals surface area contributed by atoms with Gasteiger partial charge in [-0.2, -0.15) is 0 Å². The van der Waals surface area contributed by atoms with Crippen molar-refractivity contribution >= 4 is 17.4 Å². The molecule has 2 rings (SSSR count). The van der Waals surface area contributed by atoms with Crippen molar-refractivity contribution < 1.29 is 4.74 Å². The zero-order chi connectivity index (χ0) is 12.8. The van der Waals surface area contributed by atoms with E-state index in [1.54, 1.807) is 12.3 Å². The van der Waals surface area contributed by atoms with Gasteiger partial charge in [-0.25, -0.2) is 15.0 Å². The van der Waals surface area contributed by atoms with Gasteiger partial charge in [-0.05, 0) is 6.92 Å². The Labute approximate surface area is 109 Å². The zero-order valence-electron chi connectivity index (χ0n) is 9.80. The number of hydrogen-bond acceptors (Lipinski definition) is 6. The fourth-order valence-electron chi connectivity index (χ4n) is 1.27. The Morgan fingerprint density at radius 3 is 2.83 bits per heavy atom. The Balaban J connectivity index is 1.97. The standard InChI is InChI=1S/C11H12ClN5O/c1-2-18-11-3-10(16-7-17-11)15-5-8-4-14-9(12)6-13-8/h3-4,6-7H,2,5H2,1H3,(H,15,16,17). The molecular weight excluding hydrogens is 254 g/mol. The summed E-state index contributed by atoms with van der Waals surface area (Å²) in [4.78, 5) is 16.1. The lowest BCUT2D eigenvalue weighted by Crippen LogP contribution is -2.04. The molecule has 0 spiro atoms. The second-order valence-corrected chi connectivity index (χ2v) is 3.75. The van der Waals surface area contributed by atoms with Crippen LogP contribution in [-0.4, -0.2) is 26.5 Å². The summed E-state index contributed by atoms with van der Waals surface area (Å²) < 4.78 is 5.28. The molecule has 0 radical (unpaired) electrons. The maximum absolute atomic E-state index is 5.65. The van der Waals surface area contributed by atoms with Gasteiger partial charge in [0.15, 0.2) is 0 Å². The van der Waals surface area contributed by atoms with Gasteiger partial charge in [-0.15, -0.1) is 0 Å². The third kappa shape index (κ3) is 3.53. The van der Waals surface area contributed by atoms with Crippen molar-refractivity contribution in [1.29, 1.82) is 0 Å². The van der Waals surface area contributed by atoms with Gasteiger partial charge < -0.3 is 10.1 Å². The molecule has 0 bridgehead atoms. The van der Waals surface area contributed by atoms with E-state index in [0.717, 1.165) is 5.69 Å². The summed E-state index contributed by atoms with van der Waals surface area (Å²) in [6.45, 7) is 2.98. The average molecular weight is 266 g/mol. The number of aromatic nitrogens is 4. The molecule has 0 saturated heterocycles. The fraction of sp³-hybridized carbons (Fsp3) is 0.273. The van der Waals surface area contributed by atoms with E-state index in [2.05, 4.69) is 25.3 Å². The molecule has 0 atom stereocenters. The van der Waals surface area contributed by atoms with E-state index in [0.29, 0.717) is 30.0 Å². The van der Waals surface area contributed by atoms with Gasteiger partial charge in [0.05, 0.1) is 31.2 Å². The second kappa shape index (κ2) is 6.11. The predicted molar refractivity (Wildman–Crippen MR) is 67.6 cm³/mol. The largest absolute Gasteiger partial charge is 0.478 e. The Morgan fingerprint density at radius 1 is 1.22 bits per heavy atom.